The molecule has 0 aliphatic carbocycles. The van der Waals surface area contributed by atoms with E-state index in [9.17, 15) is 22.6 Å². The number of hydrogen-bond donors (Lipinski definition) is 0. The quantitative estimate of drug-likeness (QED) is 0.391. The van der Waals surface area contributed by atoms with Crippen molar-refractivity contribution in [2.75, 3.05) is 24.6 Å². The maximum Gasteiger partial charge on any atom is 1.00 e. The second-order valence-electron chi connectivity index (χ2n) is 5.40. The third-order valence-electron chi connectivity index (χ3n) is 3.87. The van der Waals surface area contributed by atoms with Crippen molar-refractivity contribution in [1.29, 1.82) is 0 Å². The van der Waals surface area contributed by atoms with Crippen LogP contribution in [-0.4, -0.2) is 53.4 Å². The zero-order valence-corrected chi connectivity index (χ0v) is 19.0. The average molecular weight is 430 g/mol. The van der Waals surface area contributed by atoms with E-state index >= 15 is 0 Å². The number of Topliss-reactive ketones (excluding diaryl/α,β-unsaturated/α-hetero) is 1. The van der Waals surface area contributed by atoms with Gasteiger partial charge in [-0.25, -0.2) is 13.1 Å². The first-order chi connectivity index (χ1) is 11.2. The molecule has 1 saturated heterocycles. The van der Waals surface area contributed by atoms with Crippen LogP contribution in [0.15, 0.2) is 23.0 Å². The fourth-order valence-corrected chi connectivity index (χ4v) is 4.65. The Labute approximate surface area is 195 Å². The number of carbonyl (C=O) groups is 1. The fourth-order valence-electron chi connectivity index (χ4n) is 2.78. The van der Waals surface area contributed by atoms with Crippen LogP contribution in [0.4, 0.5) is 0 Å². The Balaban J connectivity index is 0.00000225. The van der Waals surface area contributed by atoms with Crippen LogP contribution in [0, 0.1) is 0 Å². The predicted molar refractivity (Wildman–Crippen MR) is 89.9 cm³/mol. The molecule has 0 amide bonds. The van der Waals surface area contributed by atoms with Gasteiger partial charge in [0.05, 0.1) is 16.8 Å². The van der Waals surface area contributed by atoms with E-state index in [4.69, 9.17) is 11.6 Å². The molecule has 1 aromatic heterocycles. The Morgan fingerprint density at radius 2 is 2.04 bits per heavy atom. The standard InChI is InChI=1S/C13H14ClN3O5S2.K/c1-8(18)11-7-15(4-5-16(11)24(20,21)22)17-10-6-9(14)2-3-12(10)23-13(17)19;/h2-3,6,11H,4-5,7H2,1H3,(H,20,21,22);/q;+1/p-1. The van der Waals surface area contributed by atoms with E-state index in [1.54, 1.807) is 23.2 Å². The van der Waals surface area contributed by atoms with E-state index in [-0.39, 0.29) is 75.9 Å². The number of hydrogen-bond acceptors (Lipinski definition) is 7. The first-order valence-corrected chi connectivity index (χ1v) is 9.54. The van der Waals surface area contributed by atoms with Crippen molar-refractivity contribution < 1.29 is 69.1 Å². The first-order valence-electron chi connectivity index (χ1n) is 6.98. The number of thiazole rings is 1. The second-order valence-corrected chi connectivity index (χ2v) is 8.15. The van der Waals surface area contributed by atoms with Gasteiger partial charge in [-0.3, -0.25) is 9.59 Å². The van der Waals surface area contributed by atoms with Crippen molar-refractivity contribution in [3.63, 3.8) is 0 Å². The maximum atomic E-state index is 12.3. The Morgan fingerprint density at radius 3 is 2.64 bits per heavy atom. The number of benzene rings is 1. The summed E-state index contributed by atoms with van der Waals surface area (Å²) in [5, 5.41) is 2.03. The number of halogens is 1. The van der Waals surface area contributed by atoms with E-state index in [0.29, 0.717) is 14.8 Å². The van der Waals surface area contributed by atoms with E-state index in [1.807, 2.05) is 0 Å². The molecule has 1 aliphatic heterocycles. The Kier molecular flexibility index (Phi) is 6.91. The average Bonchev–Trinajstić information content (AvgIpc) is 2.80. The third kappa shape index (κ3) is 4.37. The molecule has 1 atom stereocenters. The molecule has 0 saturated carbocycles. The van der Waals surface area contributed by atoms with Crippen molar-refractivity contribution in [3.05, 3.63) is 32.9 Å². The monoisotopic (exact) mass is 429 g/mol. The van der Waals surface area contributed by atoms with Gasteiger partial charge in [0.25, 0.3) is 0 Å². The number of fused-ring (bicyclic) bond motifs is 1. The zero-order valence-electron chi connectivity index (χ0n) is 13.5. The molecular weight excluding hydrogens is 417 g/mol. The van der Waals surface area contributed by atoms with Crippen molar-refractivity contribution >= 4 is 49.2 Å². The van der Waals surface area contributed by atoms with Gasteiger partial charge in [0.15, 0.2) is 10.3 Å². The molecule has 1 unspecified atom stereocenters. The molecule has 25 heavy (non-hydrogen) atoms. The second kappa shape index (κ2) is 8.05. The van der Waals surface area contributed by atoms with Crippen molar-refractivity contribution in [1.82, 2.24) is 8.98 Å². The van der Waals surface area contributed by atoms with Crippen LogP contribution in [0.5, 0.6) is 0 Å². The van der Waals surface area contributed by atoms with Crippen molar-refractivity contribution in [2.24, 2.45) is 0 Å². The summed E-state index contributed by atoms with van der Waals surface area (Å²) in [6.45, 7) is 1.09. The Morgan fingerprint density at radius 1 is 1.36 bits per heavy atom. The summed E-state index contributed by atoms with van der Waals surface area (Å²) < 4.78 is 36.7. The fraction of sp³-hybridized carbons (Fsp3) is 0.385. The number of nitrogens with zero attached hydrogens (tertiary/aromatic N) is 3. The summed E-state index contributed by atoms with van der Waals surface area (Å²) in [5.41, 5.74) is 0.582. The minimum absolute atomic E-state index is 0. The molecule has 1 aromatic carbocycles. The summed E-state index contributed by atoms with van der Waals surface area (Å²) in [7, 11) is -4.74. The molecular formula is C13H13ClKN3O5S2. The number of piperazine rings is 1. The molecule has 12 heteroatoms. The summed E-state index contributed by atoms with van der Waals surface area (Å²) in [5.74, 6) is -0.454. The Hall–Kier alpha value is 0.176. The van der Waals surface area contributed by atoms with Gasteiger partial charge in [-0.15, -0.1) is 0 Å². The smallest absolute Gasteiger partial charge is 0.735 e. The third-order valence-corrected chi connectivity index (χ3v) is 6.03. The van der Waals surface area contributed by atoms with Gasteiger partial charge < -0.3 is 9.56 Å². The summed E-state index contributed by atoms with van der Waals surface area (Å²) in [6, 6.07) is 3.90. The minimum atomic E-state index is -4.74. The molecule has 1 aliphatic rings. The van der Waals surface area contributed by atoms with E-state index in [0.717, 1.165) is 16.0 Å². The minimum Gasteiger partial charge on any atom is -0.735 e. The molecule has 1 fully saturated rings. The molecule has 130 valence electrons. The van der Waals surface area contributed by atoms with Crippen LogP contribution < -0.4 is 61.3 Å². The molecule has 0 spiro atoms. The van der Waals surface area contributed by atoms with Gasteiger partial charge in [-0.05, 0) is 25.1 Å². The van der Waals surface area contributed by atoms with E-state index in [2.05, 4.69) is 0 Å². The molecule has 8 nitrogen and oxygen atoms in total. The van der Waals surface area contributed by atoms with Gasteiger partial charge in [-0.2, -0.15) is 4.31 Å². The molecule has 0 radical (unpaired) electrons. The first kappa shape index (κ1) is 21.5. The summed E-state index contributed by atoms with van der Waals surface area (Å²) >= 11 is 7.01. The summed E-state index contributed by atoms with van der Waals surface area (Å²) in [6.07, 6.45) is 0. The van der Waals surface area contributed by atoms with Crippen molar-refractivity contribution in [2.45, 2.75) is 13.0 Å². The number of rotatable bonds is 3. The largest absolute Gasteiger partial charge is 1.00 e. The van der Waals surface area contributed by atoms with Crippen LogP contribution in [-0.2, 0) is 15.1 Å². The van der Waals surface area contributed by atoms with Crippen molar-refractivity contribution in [3.8, 4) is 0 Å². The van der Waals surface area contributed by atoms with Crippen LogP contribution in [0.2, 0.25) is 5.02 Å². The van der Waals surface area contributed by atoms with Crippen LogP contribution in [0.1, 0.15) is 6.92 Å². The normalized spacial score (nSPS) is 19.0. The van der Waals surface area contributed by atoms with Gasteiger partial charge in [0.2, 0.25) is 0 Å². The number of carbonyl (C=O) groups excluding carboxylic acids is 1. The molecule has 0 bridgehead atoms. The van der Waals surface area contributed by atoms with Crippen LogP contribution >= 0.6 is 22.9 Å². The van der Waals surface area contributed by atoms with Crippen LogP contribution in [0.3, 0.4) is 0 Å². The number of ketones is 1. The topological polar surface area (TPSA) is 103 Å². The molecule has 0 N–H and O–H groups in total. The van der Waals surface area contributed by atoms with Gasteiger partial charge in [0.1, 0.15) is 11.8 Å². The molecule has 3 rings (SSSR count). The van der Waals surface area contributed by atoms with Gasteiger partial charge in [0, 0.05) is 18.1 Å². The Bertz CT molecular complexity index is 974. The SMILES string of the molecule is CC(=O)C1CN(n2c(=O)sc3ccc(Cl)cc32)CCN1S(=O)(=O)[O-].[K+]. The van der Waals surface area contributed by atoms with E-state index < -0.39 is 22.1 Å². The van der Waals surface area contributed by atoms with Crippen LogP contribution in [0.25, 0.3) is 10.2 Å². The van der Waals surface area contributed by atoms with Gasteiger partial charge >= 0.3 is 56.3 Å². The summed E-state index contributed by atoms with van der Waals surface area (Å²) in [4.78, 5) is 23.8. The number of aromatic nitrogens is 1. The molecule has 2 heterocycles. The zero-order chi connectivity index (χ0) is 17.6. The van der Waals surface area contributed by atoms with Gasteiger partial charge in [-0.1, -0.05) is 22.9 Å². The maximum absolute atomic E-state index is 12.3. The molecule has 2 aromatic rings. The predicted octanol–water partition coefficient (Wildman–Crippen LogP) is -2.61. The van der Waals surface area contributed by atoms with E-state index in [1.165, 1.54) is 11.6 Å².